The first-order chi connectivity index (χ1) is 11.7. The van der Waals surface area contributed by atoms with E-state index < -0.39 is 65.0 Å². The molecule has 0 aromatic rings. The third-order valence-corrected chi connectivity index (χ3v) is 4.78. The average Bonchev–Trinajstić information content (AvgIpc) is 2.37. The lowest BCUT2D eigenvalue weighted by molar-refractivity contribution is -0.341. The Morgan fingerprint density at radius 1 is 0.885 bits per heavy atom. The maximum Gasteiger partial charge on any atom is 0.0458 e. The van der Waals surface area contributed by atoms with E-state index in [9.17, 15) is 39.6 Å². The van der Waals surface area contributed by atoms with Crippen LogP contribution in [0, 0.1) is 23.7 Å². The quantitative estimate of drug-likeness (QED) is 0.445. The molecule has 1 heterocycles. The predicted molar refractivity (Wildman–Crippen MR) is 79.1 cm³/mol. The second-order valence-corrected chi connectivity index (χ2v) is 8.25. The minimum atomic E-state index is -2.11. The first-order valence-corrected chi connectivity index (χ1v) is 8.28. The van der Waals surface area contributed by atoms with E-state index >= 15 is 0 Å². The summed E-state index contributed by atoms with van der Waals surface area (Å²) in [5.41, 5.74) is -1.11. The van der Waals surface area contributed by atoms with Crippen LogP contribution in [-0.4, -0.2) is 35.0 Å². The van der Waals surface area contributed by atoms with Gasteiger partial charge in [0.25, 0.3) is 0 Å². The normalized spacial score (nSPS) is 22.8. The number of carbonyl (C=O) groups is 4. The molecule has 1 N–H and O–H groups in total. The van der Waals surface area contributed by atoms with Crippen molar-refractivity contribution in [2.45, 2.75) is 58.0 Å². The molecule has 1 aliphatic heterocycles. The van der Waals surface area contributed by atoms with Crippen LogP contribution in [0.25, 0.3) is 0 Å². The molecule has 26 heavy (non-hydrogen) atoms. The summed E-state index contributed by atoms with van der Waals surface area (Å²) in [6, 6.07) is 0. The van der Waals surface area contributed by atoms with Crippen LogP contribution in [0.3, 0.4) is 0 Å². The van der Waals surface area contributed by atoms with E-state index in [1.807, 2.05) is 0 Å². The molecule has 1 saturated heterocycles. The largest absolute Gasteiger partial charge is 0.550 e. The van der Waals surface area contributed by atoms with Crippen LogP contribution in [0.1, 0.15) is 47.0 Å². The average molecular weight is 369 g/mol. The number of rotatable bonds is 8. The van der Waals surface area contributed by atoms with E-state index in [4.69, 9.17) is 0 Å². The third-order valence-electron chi connectivity index (χ3n) is 4.78. The molecule has 0 bridgehead atoms. The summed E-state index contributed by atoms with van der Waals surface area (Å²) in [6.45, 7) is 7.22. The van der Waals surface area contributed by atoms with Crippen molar-refractivity contribution in [2.24, 2.45) is 23.7 Å². The molecular weight excluding hydrogens is 346 g/mol. The highest BCUT2D eigenvalue weighted by molar-refractivity contribution is 5.85. The van der Waals surface area contributed by atoms with Gasteiger partial charge >= 0.3 is 0 Å². The maximum absolute atomic E-state index is 11.8. The van der Waals surface area contributed by atoms with Gasteiger partial charge in [-0.3, -0.25) is 0 Å². The number of nitrogens with one attached hydrogen (secondary N) is 1. The summed E-state index contributed by atoms with van der Waals surface area (Å²) in [7, 11) is 0. The third kappa shape index (κ3) is 5.42. The van der Waals surface area contributed by atoms with Gasteiger partial charge in [0.2, 0.25) is 0 Å². The Bertz CT molecular complexity index is 582. The van der Waals surface area contributed by atoms with E-state index in [1.54, 1.807) is 27.7 Å². The van der Waals surface area contributed by atoms with Crippen LogP contribution in [0.15, 0.2) is 0 Å². The Morgan fingerprint density at radius 3 is 1.65 bits per heavy atom. The topological polar surface area (TPSA) is 173 Å². The van der Waals surface area contributed by atoms with Gasteiger partial charge in [-0.25, -0.2) is 0 Å². The number of carbonyl (C=O) groups excluding carboxylic acids is 4. The number of hydrogen-bond acceptors (Lipinski definition) is 9. The van der Waals surface area contributed by atoms with E-state index in [0.29, 0.717) is 0 Å². The van der Waals surface area contributed by atoms with E-state index in [1.165, 1.54) is 0 Å². The molecule has 0 aromatic heterocycles. The molecule has 1 rings (SSSR count). The predicted octanol–water partition coefficient (Wildman–Crippen LogP) is -4.22. The van der Waals surface area contributed by atoms with Crippen molar-refractivity contribution in [1.82, 2.24) is 5.32 Å². The monoisotopic (exact) mass is 369 g/mol. The molecule has 0 saturated carbocycles. The molecular formula is C17H23NO8-4. The lowest BCUT2D eigenvalue weighted by Gasteiger charge is -2.51. The number of hydrogen-bond donors (Lipinski definition) is 1. The summed E-state index contributed by atoms with van der Waals surface area (Å²) in [5.74, 6) is -14.3. The highest BCUT2D eigenvalue weighted by atomic mass is 16.4. The Labute approximate surface area is 151 Å². The summed E-state index contributed by atoms with van der Waals surface area (Å²) in [5, 5.41) is 48.8. The molecule has 148 valence electrons. The summed E-state index contributed by atoms with van der Waals surface area (Å²) >= 11 is 0. The molecule has 0 aromatic carbocycles. The SMILES string of the molecule is CC1(C)CC(C(C(=O)[O-])C(C(=O)[O-])C(CC(=O)[O-])C(=O)[O-])CC(C)(C)N1. The molecule has 0 aliphatic carbocycles. The van der Waals surface area contributed by atoms with Gasteiger partial charge in [0.15, 0.2) is 0 Å². The minimum Gasteiger partial charge on any atom is -0.550 e. The fourth-order valence-electron chi connectivity index (χ4n) is 4.39. The highest BCUT2D eigenvalue weighted by Crippen LogP contribution is 2.41. The lowest BCUT2D eigenvalue weighted by Crippen LogP contribution is -2.62. The zero-order chi connectivity index (χ0) is 20.4. The van der Waals surface area contributed by atoms with Crippen LogP contribution < -0.4 is 25.7 Å². The van der Waals surface area contributed by atoms with Crippen molar-refractivity contribution >= 4 is 23.9 Å². The van der Waals surface area contributed by atoms with Crippen molar-refractivity contribution in [3.63, 3.8) is 0 Å². The van der Waals surface area contributed by atoms with Gasteiger partial charge < -0.3 is 44.9 Å². The molecule has 1 fully saturated rings. The maximum atomic E-state index is 11.8. The fraction of sp³-hybridized carbons (Fsp3) is 0.765. The number of carboxylic acid groups (broad SMARTS) is 4. The van der Waals surface area contributed by atoms with Gasteiger partial charge in [-0.2, -0.15) is 0 Å². The minimum absolute atomic E-state index is 0.226. The van der Waals surface area contributed by atoms with Gasteiger partial charge in [-0.15, -0.1) is 0 Å². The molecule has 9 heteroatoms. The molecule has 0 spiro atoms. The van der Waals surface area contributed by atoms with Crippen LogP contribution in [0.2, 0.25) is 0 Å². The molecule has 0 radical (unpaired) electrons. The van der Waals surface area contributed by atoms with E-state index in [0.717, 1.165) is 0 Å². The number of aliphatic carboxylic acids is 4. The van der Waals surface area contributed by atoms with Crippen molar-refractivity contribution in [2.75, 3.05) is 0 Å². The molecule has 1 aliphatic rings. The molecule has 9 nitrogen and oxygen atoms in total. The smallest absolute Gasteiger partial charge is 0.0458 e. The van der Waals surface area contributed by atoms with Gasteiger partial charge in [0, 0.05) is 52.7 Å². The fourth-order valence-corrected chi connectivity index (χ4v) is 4.39. The van der Waals surface area contributed by atoms with Crippen LogP contribution in [0.5, 0.6) is 0 Å². The Kier molecular flexibility index (Phi) is 6.40. The van der Waals surface area contributed by atoms with Crippen LogP contribution in [0.4, 0.5) is 0 Å². The van der Waals surface area contributed by atoms with Gasteiger partial charge in [-0.1, -0.05) is 0 Å². The lowest BCUT2D eigenvalue weighted by atomic mass is 9.65. The first-order valence-electron chi connectivity index (χ1n) is 8.28. The van der Waals surface area contributed by atoms with E-state index in [-0.39, 0.29) is 12.8 Å². The standard InChI is InChI=1S/C17H27NO8/c1-16(2)6-8(7-17(3,4)18-16)11(14(23)24)12(15(25)26)9(13(21)22)5-10(19)20/h8-9,11-12,18H,5-7H2,1-4H3,(H,19,20)(H,21,22)(H,23,24)(H,25,26)/p-4. The van der Waals surface area contributed by atoms with Gasteiger partial charge in [0.05, 0.1) is 0 Å². The molecule has 0 amide bonds. The van der Waals surface area contributed by atoms with Crippen molar-refractivity contribution in [1.29, 1.82) is 0 Å². The Hall–Kier alpha value is -2.16. The van der Waals surface area contributed by atoms with E-state index in [2.05, 4.69) is 5.32 Å². The molecule has 3 atom stereocenters. The second kappa shape index (κ2) is 7.61. The van der Waals surface area contributed by atoms with Crippen molar-refractivity contribution < 1.29 is 39.6 Å². The van der Waals surface area contributed by atoms with Gasteiger partial charge in [-0.05, 0) is 52.9 Å². The second-order valence-electron chi connectivity index (χ2n) is 8.25. The zero-order valence-corrected chi connectivity index (χ0v) is 15.2. The summed E-state index contributed by atoms with van der Waals surface area (Å²) < 4.78 is 0. The Balaban J connectivity index is 3.37. The summed E-state index contributed by atoms with van der Waals surface area (Å²) in [4.78, 5) is 45.6. The first kappa shape index (κ1) is 21.9. The summed E-state index contributed by atoms with van der Waals surface area (Å²) in [6.07, 6.45) is -0.740. The Morgan fingerprint density at radius 2 is 1.35 bits per heavy atom. The van der Waals surface area contributed by atoms with Crippen molar-refractivity contribution in [3.05, 3.63) is 0 Å². The van der Waals surface area contributed by atoms with Crippen LogP contribution >= 0.6 is 0 Å². The van der Waals surface area contributed by atoms with Crippen LogP contribution in [-0.2, 0) is 19.2 Å². The number of piperidine rings is 1. The molecule has 3 unspecified atom stereocenters. The van der Waals surface area contributed by atoms with Crippen molar-refractivity contribution in [3.8, 4) is 0 Å². The zero-order valence-electron chi connectivity index (χ0n) is 15.2. The number of carboxylic acids is 4. The van der Waals surface area contributed by atoms with Gasteiger partial charge in [0.1, 0.15) is 0 Å². The highest BCUT2D eigenvalue weighted by Gasteiger charge is 2.45.